The highest BCUT2D eigenvalue weighted by Crippen LogP contribution is 2.26. The number of methoxy groups -OCH3 is 1. The molecule has 7 heteroatoms. The number of nitrogens with one attached hydrogen (secondary N) is 2. The fourth-order valence-electron chi connectivity index (χ4n) is 2.68. The van der Waals surface area contributed by atoms with Gasteiger partial charge in [-0.3, -0.25) is 9.59 Å². The highest BCUT2D eigenvalue weighted by atomic mass is 19.1. The second kappa shape index (κ2) is 8.77. The summed E-state index contributed by atoms with van der Waals surface area (Å²) in [6, 6.07) is 16.7. The van der Waals surface area contributed by atoms with Crippen molar-refractivity contribution in [1.29, 1.82) is 0 Å². The average Bonchev–Trinajstić information content (AvgIpc) is 2.69. The minimum Gasteiger partial charge on any atom is -0.496 e. The molecule has 3 rings (SSSR count). The van der Waals surface area contributed by atoms with Crippen LogP contribution in [0.5, 0.6) is 5.75 Å². The van der Waals surface area contributed by atoms with Gasteiger partial charge in [-0.15, -0.1) is 0 Å². The zero-order valence-electron chi connectivity index (χ0n) is 15.1. The van der Waals surface area contributed by atoms with Crippen LogP contribution in [0.2, 0.25) is 0 Å². The van der Waals surface area contributed by atoms with E-state index in [0.29, 0.717) is 11.4 Å². The highest BCUT2D eigenvalue weighted by Gasteiger charge is 2.10. The quantitative estimate of drug-likeness (QED) is 0.391. The Morgan fingerprint density at radius 2 is 1.79 bits per heavy atom. The Hall–Kier alpha value is -3.74. The number of fused-ring (bicyclic) bond motifs is 1. The first-order valence-corrected chi connectivity index (χ1v) is 8.50. The minimum atomic E-state index is -0.574. The van der Waals surface area contributed by atoms with Crippen LogP contribution >= 0.6 is 0 Å². The Bertz CT molecular complexity index is 1030. The van der Waals surface area contributed by atoms with Gasteiger partial charge in [0.1, 0.15) is 18.0 Å². The number of halogens is 1. The number of carbonyl (C=O) groups excluding carboxylic acids is 2. The van der Waals surface area contributed by atoms with Crippen LogP contribution in [0.3, 0.4) is 0 Å². The molecule has 2 N–H and O–H groups in total. The SMILES string of the molecule is COc1ccc2ccccc2c1C=NNC(=O)CC(=O)Nc1ccc(F)cc1. The van der Waals surface area contributed by atoms with Crippen LogP contribution in [0.4, 0.5) is 10.1 Å². The van der Waals surface area contributed by atoms with Crippen LogP contribution in [-0.2, 0) is 9.59 Å². The third-order valence-electron chi connectivity index (χ3n) is 3.98. The lowest BCUT2D eigenvalue weighted by Gasteiger charge is -2.08. The molecule has 0 atom stereocenters. The molecule has 0 bridgehead atoms. The normalized spacial score (nSPS) is 10.8. The zero-order chi connectivity index (χ0) is 19.9. The monoisotopic (exact) mass is 379 g/mol. The first-order chi connectivity index (χ1) is 13.6. The molecule has 0 unspecified atom stereocenters. The van der Waals surface area contributed by atoms with Crippen molar-refractivity contribution < 1.29 is 18.7 Å². The number of nitrogens with zero attached hydrogens (tertiary/aromatic N) is 1. The van der Waals surface area contributed by atoms with E-state index < -0.39 is 24.1 Å². The van der Waals surface area contributed by atoms with Gasteiger partial charge in [-0.1, -0.05) is 30.3 Å². The molecule has 0 radical (unpaired) electrons. The smallest absolute Gasteiger partial charge is 0.249 e. The minimum absolute atomic E-state index is 0.406. The lowest BCUT2D eigenvalue weighted by molar-refractivity contribution is -0.126. The third kappa shape index (κ3) is 4.70. The van der Waals surface area contributed by atoms with Crippen LogP contribution in [0.25, 0.3) is 10.8 Å². The highest BCUT2D eigenvalue weighted by molar-refractivity contribution is 6.05. The molecule has 142 valence electrons. The average molecular weight is 379 g/mol. The molecule has 0 saturated heterocycles. The molecule has 0 aliphatic rings. The van der Waals surface area contributed by atoms with E-state index in [1.807, 2.05) is 36.4 Å². The Morgan fingerprint density at radius 1 is 1.04 bits per heavy atom. The Labute approximate surface area is 161 Å². The first kappa shape index (κ1) is 19.0. The van der Waals surface area contributed by atoms with Crippen molar-refractivity contribution in [1.82, 2.24) is 5.43 Å². The van der Waals surface area contributed by atoms with Crippen molar-refractivity contribution in [2.45, 2.75) is 6.42 Å². The largest absolute Gasteiger partial charge is 0.496 e. The lowest BCUT2D eigenvalue weighted by atomic mass is 10.0. The Balaban J connectivity index is 1.63. The maximum absolute atomic E-state index is 12.9. The molecular formula is C21H18FN3O3. The van der Waals surface area contributed by atoms with E-state index in [4.69, 9.17) is 4.74 Å². The molecule has 0 heterocycles. The van der Waals surface area contributed by atoms with Gasteiger partial charge in [0.25, 0.3) is 0 Å². The fraction of sp³-hybridized carbons (Fsp3) is 0.0952. The van der Waals surface area contributed by atoms with E-state index >= 15 is 0 Å². The van der Waals surface area contributed by atoms with E-state index in [2.05, 4.69) is 15.8 Å². The number of carbonyl (C=O) groups is 2. The molecule has 6 nitrogen and oxygen atoms in total. The molecule has 2 amide bonds. The standard InChI is InChI=1S/C21H18FN3O3/c1-28-19-11-6-14-4-2-3-5-17(14)18(19)13-23-25-21(27)12-20(26)24-16-9-7-15(22)8-10-16/h2-11,13H,12H2,1H3,(H,24,26)(H,25,27). The molecule has 0 aliphatic heterocycles. The Morgan fingerprint density at radius 3 is 2.54 bits per heavy atom. The summed E-state index contributed by atoms with van der Waals surface area (Å²) < 4.78 is 18.2. The van der Waals surface area contributed by atoms with Crippen LogP contribution in [0.1, 0.15) is 12.0 Å². The summed E-state index contributed by atoms with van der Waals surface area (Å²) in [6.07, 6.45) is 1.07. The van der Waals surface area contributed by atoms with Gasteiger partial charge in [0.15, 0.2) is 0 Å². The van der Waals surface area contributed by atoms with E-state index in [9.17, 15) is 14.0 Å². The zero-order valence-corrected chi connectivity index (χ0v) is 15.1. The number of hydrogen-bond acceptors (Lipinski definition) is 4. The second-order valence-electron chi connectivity index (χ2n) is 5.93. The van der Waals surface area contributed by atoms with Crippen molar-refractivity contribution in [3.63, 3.8) is 0 Å². The van der Waals surface area contributed by atoms with Gasteiger partial charge in [-0.2, -0.15) is 5.10 Å². The predicted octanol–water partition coefficient (Wildman–Crippen LogP) is 3.47. The molecule has 0 aromatic heterocycles. The van der Waals surface area contributed by atoms with Gasteiger partial charge in [0.2, 0.25) is 11.8 Å². The number of ether oxygens (including phenoxy) is 1. The molecule has 0 saturated carbocycles. The molecule has 0 fully saturated rings. The van der Waals surface area contributed by atoms with E-state index in [0.717, 1.165) is 16.3 Å². The maximum atomic E-state index is 12.9. The summed E-state index contributed by atoms with van der Waals surface area (Å²) in [5.41, 5.74) is 3.45. The molecule has 0 aliphatic carbocycles. The predicted molar refractivity (Wildman–Crippen MR) is 106 cm³/mol. The van der Waals surface area contributed by atoms with Gasteiger partial charge in [-0.05, 0) is 41.1 Å². The van der Waals surface area contributed by atoms with Crippen LogP contribution in [0.15, 0.2) is 65.8 Å². The Kier molecular flexibility index (Phi) is 5.96. The van der Waals surface area contributed by atoms with E-state index in [-0.39, 0.29) is 0 Å². The van der Waals surface area contributed by atoms with Crippen LogP contribution in [-0.4, -0.2) is 25.1 Å². The van der Waals surface area contributed by atoms with Crippen molar-refractivity contribution in [2.24, 2.45) is 5.10 Å². The summed E-state index contributed by atoms with van der Waals surface area (Å²) in [4.78, 5) is 23.8. The van der Waals surface area contributed by atoms with Crippen LogP contribution < -0.4 is 15.5 Å². The van der Waals surface area contributed by atoms with Crippen molar-refractivity contribution in [3.05, 3.63) is 72.0 Å². The topological polar surface area (TPSA) is 79.8 Å². The van der Waals surface area contributed by atoms with Crippen LogP contribution in [0, 0.1) is 5.82 Å². The first-order valence-electron chi connectivity index (χ1n) is 8.50. The van der Waals surface area contributed by atoms with Gasteiger partial charge in [0.05, 0.1) is 13.3 Å². The number of benzene rings is 3. The van der Waals surface area contributed by atoms with E-state index in [1.165, 1.54) is 30.5 Å². The molecular weight excluding hydrogens is 361 g/mol. The summed E-state index contributed by atoms with van der Waals surface area (Å²) in [7, 11) is 1.56. The summed E-state index contributed by atoms with van der Waals surface area (Å²) >= 11 is 0. The third-order valence-corrected chi connectivity index (χ3v) is 3.98. The van der Waals surface area contributed by atoms with Gasteiger partial charge in [-0.25, -0.2) is 9.82 Å². The number of anilines is 1. The summed E-state index contributed by atoms with van der Waals surface area (Å²) in [6.45, 7) is 0. The van der Waals surface area contributed by atoms with Gasteiger partial charge >= 0.3 is 0 Å². The van der Waals surface area contributed by atoms with Crippen molar-refractivity contribution in [3.8, 4) is 5.75 Å². The van der Waals surface area contributed by atoms with E-state index in [1.54, 1.807) is 7.11 Å². The van der Waals surface area contributed by atoms with Gasteiger partial charge in [0, 0.05) is 11.3 Å². The molecule has 3 aromatic carbocycles. The fourth-order valence-corrected chi connectivity index (χ4v) is 2.68. The number of amides is 2. The second-order valence-corrected chi connectivity index (χ2v) is 5.93. The number of hydrogen-bond donors (Lipinski definition) is 2. The molecule has 28 heavy (non-hydrogen) atoms. The summed E-state index contributed by atoms with van der Waals surface area (Å²) in [5, 5.41) is 8.38. The molecule has 3 aromatic rings. The van der Waals surface area contributed by atoms with Gasteiger partial charge < -0.3 is 10.1 Å². The lowest BCUT2D eigenvalue weighted by Crippen LogP contribution is -2.24. The molecule has 0 spiro atoms. The number of hydrazone groups is 1. The van der Waals surface area contributed by atoms with Crippen molar-refractivity contribution >= 4 is 34.5 Å². The maximum Gasteiger partial charge on any atom is 0.249 e. The summed E-state index contributed by atoms with van der Waals surface area (Å²) in [5.74, 6) is -0.892. The van der Waals surface area contributed by atoms with Crippen molar-refractivity contribution in [2.75, 3.05) is 12.4 Å². The number of rotatable bonds is 6.